The summed E-state index contributed by atoms with van der Waals surface area (Å²) in [6.45, 7) is 2.87. The van der Waals surface area contributed by atoms with Gasteiger partial charge in [-0.2, -0.15) is 0 Å². The van der Waals surface area contributed by atoms with Crippen molar-refractivity contribution < 1.29 is 9.13 Å². The quantitative estimate of drug-likeness (QED) is 0.800. The Morgan fingerprint density at radius 3 is 2.83 bits per heavy atom. The molecule has 4 rings (SSSR count). The number of halogens is 2. The van der Waals surface area contributed by atoms with Gasteiger partial charge in [0.15, 0.2) is 5.82 Å². The summed E-state index contributed by atoms with van der Waals surface area (Å²) >= 11 is 3.37. The van der Waals surface area contributed by atoms with E-state index >= 15 is 0 Å². The third kappa shape index (κ3) is 2.44. The minimum atomic E-state index is -0.283. The first kappa shape index (κ1) is 15.3. The Kier molecular flexibility index (Phi) is 3.78. The van der Waals surface area contributed by atoms with Crippen molar-refractivity contribution in [3.8, 4) is 0 Å². The molecule has 1 saturated heterocycles. The van der Waals surface area contributed by atoms with E-state index in [1.807, 2.05) is 12.1 Å². The van der Waals surface area contributed by atoms with Gasteiger partial charge in [-0.05, 0) is 54.1 Å². The summed E-state index contributed by atoms with van der Waals surface area (Å²) in [6, 6.07) is 4.52. The molecular weight excluding hydrogens is 361 g/mol. The number of nitrogens with zero attached hydrogens (tertiary/aromatic N) is 3. The number of anilines is 1. The summed E-state index contributed by atoms with van der Waals surface area (Å²) in [5.74, 6) is 0.570. The zero-order chi connectivity index (χ0) is 16.1. The number of pyridine rings is 1. The summed E-state index contributed by atoms with van der Waals surface area (Å²) in [5.41, 5.74) is 2.41. The van der Waals surface area contributed by atoms with Crippen molar-refractivity contribution in [1.29, 1.82) is 0 Å². The van der Waals surface area contributed by atoms with Crippen molar-refractivity contribution in [2.45, 2.75) is 25.7 Å². The largest absolute Gasteiger partial charge is 0.372 e. The van der Waals surface area contributed by atoms with Gasteiger partial charge >= 0.3 is 0 Å². The zero-order valence-corrected chi connectivity index (χ0v) is 14.9. The van der Waals surface area contributed by atoms with E-state index in [0.717, 1.165) is 41.8 Å². The van der Waals surface area contributed by atoms with Gasteiger partial charge in [-0.1, -0.05) is 0 Å². The highest BCUT2D eigenvalue weighted by Crippen LogP contribution is 2.37. The van der Waals surface area contributed by atoms with Crippen LogP contribution in [0.25, 0.3) is 10.9 Å². The second kappa shape index (κ2) is 5.69. The fraction of sp³-hybridized carbons (Fsp3) is 0.471. The Hall–Kier alpha value is -1.24. The average molecular weight is 380 g/mol. The fourth-order valence-electron chi connectivity index (χ4n) is 3.51. The third-order valence-electron chi connectivity index (χ3n) is 4.95. The van der Waals surface area contributed by atoms with Gasteiger partial charge < -0.3 is 14.5 Å². The highest BCUT2D eigenvalue weighted by atomic mass is 79.9. The van der Waals surface area contributed by atoms with Gasteiger partial charge in [0.1, 0.15) is 11.3 Å². The van der Waals surface area contributed by atoms with E-state index in [2.05, 4.69) is 44.8 Å². The van der Waals surface area contributed by atoms with E-state index in [1.54, 1.807) is 0 Å². The molecule has 23 heavy (non-hydrogen) atoms. The maximum Gasteiger partial charge on any atom is 0.164 e. The van der Waals surface area contributed by atoms with Gasteiger partial charge in [0.2, 0.25) is 0 Å². The molecular formula is C17H19BrFN3O. The van der Waals surface area contributed by atoms with E-state index in [-0.39, 0.29) is 5.82 Å². The van der Waals surface area contributed by atoms with E-state index in [4.69, 9.17) is 4.74 Å². The van der Waals surface area contributed by atoms with Crippen LogP contribution >= 0.6 is 15.9 Å². The van der Waals surface area contributed by atoms with Crippen LogP contribution < -0.4 is 4.90 Å². The number of ether oxygens (including phenoxy) is 1. The van der Waals surface area contributed by atoms with E-state index in [1.165, 1.54) is 0 Å². The van der Waals surface area contributed by atoms with E-state index < -0.39 is 0 Å². The summed E-state index contributed by atoms with van der Waals surface area (Å²) in [5, 5.41) is 0.866. The molecule has 0 radical (unpaired) electrons. The van der Waals surface area contributed by atoms with Crippen LogP contribution in [0, 0.1) is 5.82 Å². The van der Waals surface area contributed by atoms with Crippen LogP contribution in [0.5, 0.6) is 0 Å². The normalized spacial score (nSPS) is 20.7. The topological polar surface area (TPSA) is 28.6 Å². The Bertz CT molecular complexity index is 780. The SMILES string of the molecule is CN(C)[C@H]1CCN(c2ccc3c4c(c(Br)c(F)c3n2)COC4)C1. The Morgan fingerprint density at radius 2 is 2.09 bits per heavy atom. The molecule has 0 spiro atoms. The van der Waals surface area contributed by atoms with E-state index in [0.29, 0.717) is 29.2 Å². The fourth-order valence-corrected chi connectivity index (χ4v) is 4.05. The predicted octanol–water partition coefficient (Wildman–Crippen LogP) is 3.31. The molecule has 0 unspecified atom stereocenters. The van der Waals surface area contributed by atoms with Crippen molar-refractivity contribution >= 4 is 32.7 Å². The van der Waals surface area contributed by atoms with Crippen molar-refractivity contribution in [1.82, 2.24) is 9.88 Å². The lowest BCUT2D eigenvalue weighted by molar-refractivity contribution is 0.134. The Balaban J connectivity index is 1.77. The molecule has 3 heterocycles. The number of benzene rings is 1. The highest BCUT2D eigenvalue weighted by molar-refractivity contribution is 9.10. The molecule has 1 atom stereocenters. The molecule has 0 N–H and O–H groups in total. The molecule has 0 bridgehead atoms. The molecule has 0 amide bonds. The van der Waals surface area contributed by atoms with Gasteiger partial charge in [-0.15, -0.1) is 0 Å². The molecule has 2 aromatic rings. The number of likely N-dealkylation sites (N-methyl/N-ethyl adjacent to an activating group) is 1. The monoisotopic (exact) mass is 379 g/mol. The summed E-state index contributed by atoms with van der Waals surface area (Å²) in [6.07, 6.45) is 1.11. The first-order valence-corrected chi connectivity index (χ1v) is 8.64. The maximum atomic E-state index is 14.7. The van der Waals surface area contributed by atoms with E-state index in [9.17, 15) is 4.39 Å². The Labute approximate surface area is 143 Å². The third-order valence-corrected chi connectivity index (χ3v) is 5.77. The average Bonchev–Trinajstić information content (AvgIpc) is 3.21. The van der Waals surface area contributed by atoms with Crippen LogP contribution in [0.3, 0.4) is 0 Å². The van der Waals surface area contributed by atoms with Crippen molar-refractivity contribution in [3.63, 3.8) is 0 Å². The maximum absolute atomic E-state index is 14.7. The number of fused-ring (bicyclic) bond motifs is 3. The van der Waals surface area contributed by atoms with Crippen molar-refractivity contribution in [3.05, 3.63) is 33.5 Å². The number of aromatic nitrogens is 1. The second-order valence-corrected chi connectivity index (χ2v) is 7.29. The first-order valence-electron chi connectivity index (χ1n) is 7.85. The molecule has 122 valence electrons. The summed E-state index contributed by atoms with van der Waals surface area (Å²) in [7, 11) is 4.20. The van der Waals surface area contributed by atoms with Crippen LogP contribution in [-0.2, 0) is 18.0 Å². The predicted molar refractivity (Wildman–Crippen MR) is 92.2 cm³/mol. The number of hydrogen-bond acceptors (Lipinski definition) is 4. The van der Waals surface area contributed by atoms with Crippen LogP contribution in [-0.4, -0.2) is 43.1 Å². The molecule has 6 heteroatoms. The molecule has 2 aliphatic heterocycles. The van der Waals surface area contributed by atoms with Gasteiger partial charge in [0.05, 0.1) is 17.7 Å². The molecule has 0 saturated carbocycles. The minimum absolute atomic E-state index is 0.283. The second-order valence-electron chi connectivity index (χ2n) is 6.50. The van der Waals surface area contributed by atoms with Gasteiger partial charge in [0, 0.05) is 30.1 Å². The number of hydrogen-bond donors (Lipinski definition) is 0. The lowest BCUT2D eigenvalue weighted by atomic mass is 10.0. The molecule has 1 fully saturated rings. The molecule has 1 aromatic carbocycles. The molecule has 2 aliphatic rings. The first-order chi connectivity index (χ1) is 11.1. The molecule has 0 aliphatic carbocycles. The minimum Gasteiger partial charge on any atom is -0.372 e. The number of rotatable bonds is 2. The van der Waals surface area contributed by atoms with Gasteiger partial charge in [-0.3, -0.25) is 0 Å². The summed E-state index contributed by atoms with van der Waals surface area (Å²) < 4.78 is 20.7. The van der Waals surface area contributed by atoms with Crippen LogP contribution in [0.15, 0.2) is 16.6 Å². The zero-order valence-electron chi connectivity index (χ0n) is 13.3. The lowest BCUT2D eigenvalue weighted by Crippen LogP contribution is -2.31. The summed E-state index contributed by atoms with van der Waals surface area (Å²) in [4.78, 5) is 9.11. The highest BCUT2D eigenvalue weighted by Gasteiger charge is 2.27. The Morgan fingerprint density at radius 1 is 1.30 bits per heavy atom. The lowest BCUT2D eigenvalue weighted by Gasteiger charge is -2.21. The van der Waals surface area contributed by atoms with Crippen molar-refractivity contribution in [2.24, 2.45) is 0 Å². The van der Waals surface area contributed by atoms with Gasteiger partial charge in [0.25, 0.3) is 0 Å². The standard InChI is InChI=1S/C17H19BrFN3O/c1-21(2)10-5-6-22(7-10)14-4-3-11-12-8-23-9-13(12)15(18)16(19)17(11)20-14/h3-4,10H,5-9H2,1-2H3/t10-/m0/s1. The van der Waals surface area contributed by atoms with Crippen LogP contribution in [0.2, 0.25) is 0 Å². The smallest absolute Gasteiger partial charge is 0.164 e. The van der Waals surface area contributed by atoms with Crippen LogP contribution in [0.1, 0.15) is 17.5 Å². The van der Waals surface area contributed by atoms with Gasteiger partial charge in [-0.25, -0.2) is 9.37 Å². The molecule has 1 aromatic heterocycles. The van der Waals surface area contributed by atoms with Crippen LogP contribution in [0.4, 0.5) is 10.2 Å². The molecule has 4 nitrogen and oxygen atoms in total. The van der Waals surface area contributed by atoms with Crippen molar-refractivity contribution in [2.75, 3.05) is 32.1 Å².